The molecule has 1 fully saturated rings. The minimum Gasteiger partial charge on any atom is -0.472 e. The van der Waals surface area contributed by atoms with Crippen LogP contribution in [0.25, 0.3) is 5.69 Å². The van der Waals surface area contributed by atoms with E-state index in [1.54, 1.807) is 42.5 Å². The summed E-state index contributed by atoms with van der Waals surface area (Å²) in [5.41, 5.74) is 2.19. The Hall–Kier alpha value is -3.75. The van der Waals surface area contributed by atoms with Crippen molar-refractivity contribution in [3.63, 3.8) is 0 Å². The standard InChI is InChI=1S/C24H27N5O4/c1-4-32-24(31)21-16(2)11-12-25-22(21)33-18-10-9-17(3)28(15-18)23(30)19-7-5-6-8-20(19)29-26-13-14-27-29/h5-8,11-14,17-18H,4,9-10,15H2,1-3H3. The number of amides is 1. The maximum Gasteiger partial charge on any atom is 0.343 e. The zero-order valence-corrected chi connectivity index (χ0v) is 19.0. The van der Waals surface area contributed by atoms with E-state index in [1.165, 1.54) is 4.80 Å². The van der Waals surface area contributed by atoms with Crippen LogP contribution in [0, 0.1) is 6.92 Å². The van der Waals surface area contributed by atoms with Crippen molar-refractivity contribution in [3.05, 3.63) is 65.6 Å². The van der Waals surface area contributed by atoms with Gasteiger partial charge in [-0.1, -0.05) is 12.1 Å². The van der Waals surface area contributed by atoms with Gasteiger partial charge in [0.15, 0.2) is 0 Å². The fourth-order valence-electron chi connectivity index (χ4n) is 4.01. The van der Waals surface area contributed by atoms with E-state index in [1.807, 2.05) is 32.0 Å². The van der Waals surface area contributed by atoms with Crippen molar-refractivity contribution >= 4 is 11.9 Å². The number of carbonyl (C=O) groups excluding carboxylic acids is 2. The Labute approximate surface area is 192 Å². The van der Waals surface area contributed by atoms with Crippen molar-refractivity contribution in [3.8, 4) is 11.6 Å². The van der Waals surface area contributed by atoms with Gasteiger partial charge in [-0.25, -0.2) is 9.78 Å². The lowest BCUT2D eigenvalue weighted by Gasteiger charge is -2.38. The quantitative estimate of drug-likeness (QED) is 0.533. The lowest BCUT2D eigenvalue weighted by molar-refractivity contribution is 0.0352. The Morgan fingerprint density at radius 2 is 1.85 bits per heavy atom. The number of likely N-dealkylation sites (tertiary alicyclic amines) is 1. The van der Waals surface area contributed by atoms with Crippen molar-refractivity contribution in [2.75, 3.05) is 13.2 Å². The van der Waals surface area contributed by atoms with E-state index in [9.17, 15) is 9.59 Å². The molecule has 33 heavy (non-hydrogen) atoms. The van der Waals surface area contributed by atoms with Gasteiger partial charge < -0.3 is 14.4 Å². The van der Waals surface area contributed by atoms with Gasteiger partial charge >= 0.3 is 5.97 Å². The third-order valence-corrected chi connectivity index (χ3v) is 5.75. The first-order valence-electron chi connectivity index (χ1n) is 11.1. The highest BCUT2D eigenvalue weighted by atomic mass is 16.5. The molecule has 3 heterocycles. The van der Waals surface area contributed by atoms with Crippen LogP contribution in [0.2, 0.25) is 0 Å². The van der Waals surface area contributed by atoms with Crippen LogP contribution in [0.4, 0.5) is 0 Å². The van der Waals surface area contributed by atoms with E-state index in [-0.39, 0.29) is 30.5 Å². The second-order valence-corrected chi connectivity index (χ2v) is 7.99. The Balaban J connectivity index is 1.57. The molecule has 0 spiro atoms. The Morgan fingerprint density at radius 3 is 2.61 bits per heavy atom. The minimum atomic E-state index is -0.462. The van der Waals surface area contributed by atoms with Crippen molar-refractivity contribution in [1.82, 2.24) is 24.9 Å². The Bertz CT molecular complexity index is 1130. The van der Waals surface area contributed by atoms with E-state index in [4.69, 9.17) is 9.47 Å². The van der Waals surface area contributed by atoms with Crippen LogP contribution in [-0.2, 0) is 4.74 Å². The zero-order valence-electron chi connectivity index (χ0n) is 19.0. The van der Waals surface area contributed by atoms with Gasteiger partial charge in [-0.2, -0.15) is 15.0 Å². The lowest BCUT2D eigenvalue weighted by atomic mass is 9.99. The van der Waals surface area contributed by atoms with Gasteiger partial charge in [-0.3, -0.25) is 4.79 Å². The summed E-state index contributed by atoms with van der Waals surface area (Å²) in [5.74, 6) is -0.344. The van der Waals surface area contributed by atoms with Crippen LogP contribution in [0.1, 0.15) is 53.0 Å². The SMILES string of the molecule is CCOC(=O)c1c(C)ccnc1OC1CCC(C)N(C(=O)c2ccccc2-n2nccn2)C1. The summed E-state index contributed by atoms with van der Waals surface area (Å²) in [6, 6.07) is 9.05. The number of nitrogens with zero attached hydrogens (tertiary/aromatic N) is 5. The number of ether oxygens (including phenoxy) is 2. The van der Waals surface area contributed by atoms with E-state index in [0.29, 0.717) is 23.4 Å². The third kappa shape index (κ3) is 4.72. The smallest absolute Gasteiger partial charge is 0.343 e. The Morgan fingerprint density at radius 1 is 1.09 bits per heavy atom. The molecule has 4 rings (SSSR count). The Kier molecular flexibility index (Phi) is 6.67. The summed E-state index contributed by atoms with van der Waals surface area (Å²) in [6.45, 7) is 6.24. The predicted molar refractivity (Wildman–Crippen MR) is 120 cm³/mol. The van der Waals surface area contributed by atoms with Crippen molar-refractivity contribution < 1.29 is 19.1 Å². The van der Waals surface area contributed by atoms with Crippen molar-refractivity contribution in [2.45, 2.75) is 45.8 Å². The summed E-state index contributed by atoms with van der Waals surface area (Å²) in [4.78, 5) is 33.5. The topological polar surface area (TPSA) is 99.4 Å². The number of aromatic nitrogens is 4. The minimum absolute atomic E-state index is 0.0333. The van der Waals surface area contributed by atoms with Gasteiger partial charge in [-0.05, 0) is 57.4 Å². The van der Waals surface area contributed by atoms with Gasteiger partial charge in [0, 0.05) is 12.2 Å². The number of hydrogen-bond donors (Lipinski definition) is 0. The molecule has 9 nitrogen and oxygen atoms in total. The van der Waals surface area contributed by atoms with Crippen LogP contribution < -0.4 is 4.74 Å². The highest BCUT2D eigenvalue weighted by Crippen LogP contribution is 2.27. The molecule has 1 saturated heterocycles. The number of rotatable bonds is 6. The summed E-state index contributed by atoms with van der Waals surface area (Å²) in [5, 5.41) is 8.34. The van der Waals surface area contributed by atoms with Gasteiger partial charge in [0.05, 0.1) is 36.8 Å². The van der Waals surface area contributed by atoms with E-state index in [0.717, 1.165) is 18.4 Å². The van der Waals surface area contributed by atoms with Gasteiger partial charge in [-0.15, -0.1) is 0 Å². The lowest BCUT2D eigenvalue weighted by Crippen LogP contribution is -2.49. The summed E-state index contributed by atoms with van der Waals surface area (Å²) >= 11 is 0. The fraction of sp³-hybridized carbons (Fsp3) is 0.375. The van der Waals surface area contributed by atoms with Gasteiger partial charge in [0.2, 0.25) is 5.88 Å². The zero-order chi connectivity index (χ0) is 23.4. The molecular formula is C24H27N5O4. The molecule has 2 aromatic heterocycles. The average molecular weight is 450 g/mol. The molecule has 3 aromatic rings. The number of esters is 1. The summed E-state index contributed by atoms with van der Waals surface area (Å²) in [7, 11) is 0. The predicted octanol–water partition coefficient (Wildman–Crippen LogP) is 3.22. The first-order valence-corrected chi connectivity index (χ1v) is 11.1. The normalized spacial score (nSPS) is 18.1. The number of pyridine rings is 1. The van der Waals surface area contributed by atoms with Crippen LogP contribution in [-0.4, -0.2) is 62.1 Å². The average Bonchev–Trinajstić information content (AvgIpc) is 3.35. The fourth-order valence-corrected chi connectivity index (χ4v) is 4.01. The summed E-state index contributed by atoms with van der Waals surface area (Å²) in [6.07, 6.45) is 5.96. The van der Waals surface area contributed by atoms with E-state index in [2.05, 4.69) is 15.2 Å². The van der Waals surface area contributed by atoms with Crippen molar-refractivity contribution in [1.29, 1.82) is 0 Å². The molecule has 0 saturated carbocycles. The molecule has 0 aliphatic carbocycles. The first-order chi connectivity index (χ1) is 16.0. The molecule has 172 valence electrons. The van der Waals surface area contributed by atoms with Gasteiger partial charge in [0.25, 0.3) is 5.91 Å². The highest BCUT2D eigenvalue weighted by Gasteiger charge is 2.33. The molecule has 1 aromatic carbocycles. The number of para-hydroxylation sites is 1. The second-order valence-electron chi connectivity index (χ2n) is 7.99. The molecule has 1 amide bonds. The molecule has 0 bridgehead atoms. The molecular weight excluding hydrogens is 422 g/mol. The summed E-state index contributed by atoms with van der Waals surface area (Å²) < 4.78 is 11.3. The second kappa shape index (κ2) is 9.81. The van der Waals surface area contributed by atoms with Crippen LogP contribution in [0.3, 0.4) is 0 Å². The number of benzene rings is 1. The number of hydrogen-bond acceptors (Lipinski definition) is 7. The van der Waals surface area contributed by atoms with Crippen LogP contribution in [0.15, 0.2) is 48.9 Å². The third-order valence-electron chi connectivity index (χ3n) is 5.75. The first kappa shape index (κ1) is 22.4. The molecule has 2 unspecified atom stereocenters. The number of aryl methyl sites for hydroxylation is 1. The molecule has 9 heteroatoms. The van der Waals surface area contributed by atoms with Crippen LogP contribution in [0.5, 0.6) is 5.88 Å². The number of piperidine rings is 1. The van der Waals surface area contributed by atoms with E-state index >= 15 is 0 Å². The van der Waals surface area contributed by atoms with Crippen LogP contribution >= 0.6 is 0 Å². The highest BCUT2D eigenvalue weighted by molar-refractivity contribution is 5.98. The molecule has 0 N–H and O–H groups in total. The monoisotopic (exact) mass is 449 g/mol. The molecule has 2 atom stereocenters. The van der Waals surface area contributed by atoms with Gasteiger partial charge in [0.1, 0.15) is 11.7 Å². The number of carbonyl (C=O) groups is 2. The molecule has 1 aliphatic heterocycles. The largest absolute Gasteiger partial charge is 0.472 e. The van der Waals surface area contributed by atoms with Crippen molar-refractivity contribution in [2.24, 2.45) is 0 Å². The molecule has 1 aliphatic rings. The molecule has 0 radical (unpaired) electrons. The maximum atomic E-state index is 13.6. The maximum absolute atomic E-state index is 13.6. The van der Waals surface area contributed by atoms with E-state index < -0.39 is 5.97 Å².